The molecule has 1 aliphatic heterocycles. The van der Waals surface area contributed by atoms with Crippen molar-refractivity contribution < 1.29 is 37.0 Å². The van der Waals surface area contributed by atoms with Gasteiger partial charge in [-0.1, -0.05) is 35.9 Å². The van der Waals surface area contributed by atoms with Crippen LogP contribution in [0.4, 0.5) is 24.5 Å². The number of aromatic nitrogens is 1. The number of halogens is 3. The Morgan fingerprint density at radius 1 is 0.936 bits per heavy atom. The number of carbonyl (C=O) groups is 3. The van der Waals surface area contributed by atoms with Crippen LogP contribution in [0, 0.1) is 13.8 Å². The highest BCUT2D eigenvalue weighted by atomic mass is 32.2. The van der Waals surface area contributed by atoms with Gasteiger partial charge < -0.3 is 19.7 Å². The normalized spacial score (nSPS) is 13.7. The van der Waals surface area contributed by atoms with Crippen molar-refractivity contribution in [3.63, 3.8) is 0 Å². The predicted molar refractivity (Wildman–Crippen MR) is 177 cm³/mol. The largest absolute Gasteiger partial charge is 0.491 e. The molecule has 246 valence electrons. The molecule has 0 atom stereocenters. The maximum absolute atomic E-state index is 13.7. The van der Waals surface area contributed by atoms with Gasteiger partial charge in [0.25, 0.3) is 5.91 Å². The van der Waals surface area contributed by atoms with Crippen LogP contribution in [0.3, 0.4) is 0 Å². The summed E-state index contributed by atoms with van der Waals surface area (Å²) in [5.74, 6) is -4.22. The van der Waals surface area contributed by atoms with E-state index in [1.807, 2.05) is 62.4 Å². The van der Waals surface area contributed by atoms with E-state index < -0.39 is 22.9 Å². The fourth-order valence-electron chi connectivity index (χ4n) is 4.80. The van der Waals surface area contributed by atoms with Gasteiger partial charge in [0.15, 0.2) is 0 Å². The van der Waals surface area contributed by atoms with E-state index in [2.05, 4.69) is 15.0 Å². The van der Waals surface area contributed by atoms with E-state index in [4.69, 9.17) is 9.72 Å². The monoisotopic (exact) mass is 683 g/mol. The highest BCUT2D eigenvalue weighted by Gasteiger charge is 2.45. The van der Waals surface area contributed by atoms with Gasteiger partial charge in [-0.3, -0.25) is 9.59 Å². The molecule has 8 nitrogen and oxygen atoms in total. The number of nitrogens with zero attached hydrogens (tertiary/aromatic N) is 2. The lowest BCUT2D eigenvalue weighted by atomic mass is 10.1. The first kappa shape index (κ1) is 34.1. The molecule has 0 saturated carbocycles. The standard InChI is InChI=1S/C34H32F3N3O5S2/c1-20-5-7-22(8-6-20)28-27(29(41)38-23-9-11-24(12-10-23)40-15-17-44-18-16-40)39-30(46-28)26-14-13-25(19-21(26)2)47-33(3,4)31(42)45-32(43)34(35,36)37/h5-14,19H,15-18H2,1-4H3,(H,38,41). The topological polar surface area (TPSA) is 97.8 Å². The molecule has 13 heteroatoms. The second kappa shape index (κ2) is 13.9. The Morgan fingerprint density at radius 3 is 2.21 bits per heavy atom. The Bertz CT molecular complexity index is 1780. The molecule has 0 spiro atoms. The van der Waals surface area contributed by atoms with Crippen molar-refractivity contribution in [3.8, 4) is 21.0 Å². The van der Waals surface area contributed by atoms with E-state index in [1.54, 1.807) is 18.2 Å². The number of ether oxygens (including phenoxy) is 2. The first-order chi connectivity index (χ1) is 22.2. The van der Waals surface area contributed by atoms with Crippen molar-refractivity contribution in [2.75, 3.05) is 36.5 Å². The first-order valence-corrected chi connectivity index (χ1v) is 16.3. The SMILES string of the molecule is Cc1ccc(-c2sc(-c3ccc(SC(C)(C)C(=O)OC(=O)C(F)(F)F)cc3C)nc2C(=O)Nc2ccc(N3CCOCC3)cc2)cc1. The van der Waals surface area contributed by atoms with Crippen LogP contribution in [-0.2, 0) is 19.1 Å². The van der Waals surface area contributed by atoms with Crippen LogP contribution in [0.25, 0.3) is 21.0 Å². The molecular weight excluding hydrogens is 652 g/mol. The maximum atomic E-state index is 13.7. The molecule has 2 heterocycles. The molecule has 1 amide bonds. The Kier molecular flexibility index (Phi) is 10.1. The second-order valence-electron chi connectivity index (χ2n) is 11.4. The summed E-state index contributed by atoms with van der Waals surface area (Å²) < 4.78 is 45.8. The number of alkyl halides is 3. The van der Waals surface area contributed by atoms with Gasteiger partial charge in [0.1, 0.15) is 15.4 Å². The maximum Gasteiger partial charge on any atom is 0.491 e. The van der Waals surface area contributed by atoms with E-state index in [-0.39, 0.29) is 11.6 Å². The van der Waals surface area contributed by atoms with Crippen molar-refractivity contribution in [1.82, 2.24) is 4.98 Å². The number of thiazole rings is 1. The van der Waals surface area contributed by atoms with Gasteiger partial charge in [0, 0.05) is 34.9 Å². The molecule has 0 bridgehead atoms. The van der Waals surface area contributed by atoms with Crippen LogP contribution in [-0.4, -0.2) is 60.1 Å². The number of carbonyl (C=O) groups excluding carboxylic acids is 3. The number of esters is 2. The predicted octanol–water partition coefficient (Wildman–Crippen LogP) is 7.69. The lowest BCUT2D eigenvalue weighted by Gasteiger charge is -2.28. The molecule has 5 rings (SSSR count). The fraction of sp³-hybridized carbons (Fsp3) is 0.294. The van der Waals surface area contributed by atoms with E-state index in [1.165, 1.54) is 25.2 Å². The summed E-state index contributed by atoms with van der Waals surface area (Å²) in [6, 6.07) is 20.7. The van der Waals surface area contributed by atoms with Gasteiger partial charge in [-0.2, -0.15) is 13.2 Å². The summed E-state index contributed by atoms with van der Waals surface area (Å²) in [5.41, 5.74) is 5.37. The van der Waals surface area contributed by atoms with Crippen molar-refractivity contribution in [2.45, 2.75) is 43.5 Å². The molecule has 47 heavy (non-hydrogen) atoms. The highest BCUT2D eigenvalue weighted by Crippen LogP contribution is 2.40. The third kappa shape index (κ3) is 8.21. The Morgan fingerprint density at radius 2 is 1.60 bits per heavy atom. The first-order valence-electron chi connectivity index (χ1n) is 14.7. The summed E-state index contributed by atoms with van der Waals surface area (Å²) in [6.07, 6.45) is -5.27. The number of anilines is 2. The smallest absolute Gasteiger partial charge is 0.385 e. The summed E-state index contributed by atoms with van der Waals surface area (Å²) in [6.45, 7) is 9.53. The molecule has 1 N–H and O–H groups in total. The third-order valence-electron chi connectivity index (χ3n) is 7.37. The van der Waals surface area contributed by atoms with E-state index in [9.17, 15) is 27.6 Å². The van der Waals surface area contributed by atoms with Crippen LogP contribution < -0.4 is 10.2 Å². The Balaban J connectivity index is 1.39. The molecule has 0 unspecified atom stereocenters. The minimum Gasteiger partial charge on any atom is -0.385 e. The van der Waals surface area contributed by atoms with Crippen LogP contribution in [0.1, 0.15) is 35.5 Å². The van der Waals surface area contributed by atoms with Crippen LogP contribution in [0.5, 0.6) is 0 Å². The highest BCUT2D eigenvalue weighted by molar-refractivity contribution is 8.01. The number of aryl methyl sites for hydroxylation is 2. The number of benzene rings is 3. The number of amides is 1. The van der Waals surface area contributed by atoms with Gasteiger partial charge in [0.2, 0.25) is 0 Å². The average Bonchev–Trinajstić information content (AvgIpc) is 3.47. The Hall–Kier alpha value is -4.20. The number of nitrogens with one attached hydrogen (secondary N) is 1. The van der Waals surface area contributed by atoms with Gasteiger partial charge in [-0.25, -0.2) is 9.78 Å². The van der Waals surface area contributed by atoms with E-state index in [0.717, 1.165) is 52.8 Å². The van der Waals surface area contributed by atoms with Crippen molar-refractivity contribution >= 4 is 52.3 Å². The lowest BCUT2D eigenvalue weighted by Crippen LogP contribution is -2.36. The van der Waals surface area contributed by atoms with Gasteiger partial charge in [0.05, 0.1) is 18.1 Å². The van der Waals surface area contributed by atoms with Crippen LogP contribution in [0.2, 0.25) is 0 Å². The molecule has 1 aromatic heterocycles. The minimum absolute atomic E-state index is 0.266. The molecule has 0 aliphatic carbocycles. The molecule has 1 fully saturated rings. The molecule has 1 saturated heterocycles. The summed E-state index contributed by atoms with van der Waals surface area (Å²) in [5, 5.41) is 3.57. The average molecular weight is 684 g/mol. The summed E-state index contributed by atoms with van der Waals surface area (Å²) >= 11 is 2.33. The zero-order valence-corrected chi connectivity index (χ0v) is 27.7. The number of thioether (sulfide) groups is 1. The quantitative estimate of drug-likeness (QED) is 0.115. The van der Waals surface area contributed by atoms with Crippen molar-refractivity contribution in [3.05, 3.63) is 83.6 Å². The Labute approximate surface area is 278 Å². The summed E-state index contributed by atoms with van der Waals surface area (Å²) in [7, 11) is 0. The van der Waals surface area contributed by atoms with Gasteiger partial charge in [-0.05, 0) is 75.2 Å². The summed E-state index contributed by atoms with van der Waals surface area (Å²) in [4.78, 5) is 45.5. The fourth-order valence-corrected chi connectivity index (χ4v) is 7.04. The van der Waals surface area contributed by atoms with E-state index in [0.29, 0.717) is 33.7 Å². The molecular formula is C34H32F3N3O5S2. The molecule has 4 aromatic rings. The van der Waals surface area contributed by atoms with Gasteiger partial charge in [-0.15, -0.1) is 23.1 Å². The van der Waals surface area contributed by atoms with Crippen LogP contribution in [0.15, 0.2) is 71.6 Å². The molecule has 3 aromatic carbocycles. The lowest BCUT2D eigenvalue weighted by molar-refractivity contribution is -0.202. The van der Waals surface area contributed by atoms with Crippen LogP contribution >= 0.6 is 23.1 Å². The third-order valence-corrected chi connectivity index (χ3v) is 9.67. The number of hydrogen-bond acceptors (Lipinski definition) is 9. The van der Waals surface area contributed by atoms with Gasteiger partial charge >= 0.3 is 18.1 Å². The zero-order chi connectivity index (χ0) is 33.9. The zero-order valence-electron chi connectivity index (χ0n) is 26.1. The number of hydrogen-bond donors (Lipinski definition) is 1. The second-order valence-corrected chi connectivity index (χ2v) is 14.1. The molecule has 1 aliphatic rings. The van der Waals surface area contributed by atoms with Crippen molar-refractivity contribution in [2.24, 2.45) is 0 Å². The number of morpholine rings is 1. The minimum atomic E-state index is -5.27. The van der Waals surface area contributed by atoms with E-state index >= 15 is 0 Å². The molecule has 0 radical (unpaired) electrons. The van der Waals surface area contributed by atoms with Crippen molar-refractivity contribution in [1.29, 1.82) is 0 Å². The number of rotatable bonds is 8.